The summed E-state index contributed by atoms with van der Waals surface area (Å²) in [5.41, 5.74) is -0.450. The molecule has 2 aromatic rings. The molecule has 1 fully saturated rings. The minimum absolute atomic E-state index is 0.00137. The van der Waals surface area contributed by atoms with Crippen molar-refractivity contribution in [2.75, 3.05) is 23.3 Å². The number of aromatic nitrogens is 3. The Balaban J connectivity index is 1.63. The molecule has 6 nitrogen and oxygen atoms in total. The summed E-state index contributed by atoms with van der Waals surface area (Å²) < 4.78 is 38.1. The van der Waals surface area contributed by atoms with Crippen LogP contribution in [-0.2, 0) is 6.18 Å². The number of hydrogen-bond donors (Lipinski definition) is 1. The van der Waals surface area contributed by atoms with Crippen LogP contribution in [0.3, 0.4) is 0 Å². The second-order valence-corrected chi connectivity index (χ2v) is 5.68. The van der Waals surface area contributed by atoms with Crippen molar-refractivity contribution < 1.29 is 13.2 Å². The van der Waals surface area contributed by atoms with Gasteiger partial charge in [-0.25, -0.2) is 15.0 Å². The monoisotopic (exact) mass is 348 g/mol. The average molecular weight is 348 g/mol. The largest absolute Gasteiger partial charge is 0.433 e. The number of piperidine rings is 1. The van der Waals surface area contributed by atoms with E-state index >= 15 is 0 Å². The summed E-state index contributed by atoms with van der Waals surface area (Å²) in [4.78, 5) is 13.4. The highest BCUT2D eigenvalue weighted by atomic mass is 19.4. The van der Waals surface area contributed by atoms with Crippen LogP contribution in [0.5, 0.6) is 0 Å². The molecule has 0 atom stereocenters. The van der Waals surface area contributed by atoms with E-state index in [1.165, 1.54) is 0 Å². The van der Waals surface area contributed by atoms with Crippen LogP contribution in [-0.4, -0.2) is 34.1 Å². The first-order valence-electron chi connectivity index (χ1n) is 7.73. The number of nitrogens with one attached hydrogen (secondary N) is 1. The second kappa shape index (κ2) is 6.93. The Morgan fingerprint density at radius 2 is 1.96 bits per heavy atom. The van der Waals surface area contributed by atoms with Gasteiger partial charge in [0.25, 0.3) is 0 Å². The van der Waals surface area contributed by atoms with Crippen LogP contribution >= 0.6 is 0 Å². The predicted molar refractivity (Wildman–Crippen MR) is 84.8 cm³/mol. The molecule has 0 spiro atoms. The number of hydrogen-bond acceptors (Lipinski definition) is 6. The molecule has 0 bridgehead atoms. The fourth-order valence-electron chi connectivity index (χ4n) is 2.77. The molecular weight excluding hydrogens is 333 g/mol. The lowest BCUT2D eigenvalue weighted by atomic mass is 10.0. The Morgan fingerprint density at radius 1 is 1.20 bits per heavy atom. The molecule has 0 unspecified atom stereocenters. The van der Waals surface area contributed by atoms with Gasteiger partial charge in [-0.2, -0.15) is 18.4 Å². The van der Waals surface area contributed by atoms with Crippen molar-refractivity contribution in [3.05, 3.63) is 42.0 Å². The Kier molecular flexibility index (Phi) is 4.70. The molecule has 25 heavy (non-hydrogen) atoms. The maximum atomic E-state index is 12.7. The number of halogens is 3. The van der Waals surface area contributed by atoms with Crippen molar-refractivity contribution in [1.29, 1.82) is 5.26 Å². The van der Waals surface area contributed by atoms with Crippen molar-refractivity contribution in [3.8, 4) is 6.07 Å². The van der Waals surface area contributed by atoms with Crippen LogP contribution in [0.25, 0.3) is 0 Å². The highest BCUT2D eigenvalue weighted by Crippen LogP contribution is 2.29. The number of anilines is 2. The first-order chi connectivity index (χ1) is 12.0. The summed E-state index contributed by atoms with van der Waals surface area (Å²) in [7, 11) is 0. The van der Waals surface area contributed by atoms with Gasteiger partial charge in [-0.3, -0.25) is 0 Å². The smallest absolute Gasteiger partial charge is 0.367 e. The normalized spacial score (nSPS) is 15.7. The molecule has 130 valence electrons. The molecule has 3 heterocycles. The van der Waals surface area contributed by atoms with E-state index in [9.17, 15) is 13.2 Å². The van der Waals surface area contributed by atoms with E-state index in [0.717, 1.165) is 12.4 Å². The van der Waals surface area contributed by atoms with Gasteiger partial charge in [-0.05, 0) is 25.0 Å². The van der Waals surface area contributed by atoms with Gasteiger partial charge >= 0.3 is 6.18 Å². The zero-order chi connectivity index (χ0) is 17.9. The van der Waals surface area contributed by atoms with E-state index in [0.29, 0.717) is 37.3 Å². The van der Waals surface area contributed by atoms with Gasteiger partial charge in [0.1, 0.15) is 29.7 Å². The number of pyridine rings is 1. The Morgan fingerprint density at radius 3 is 2.64 bits per heavy atom. The van der Waals surface area contributed by atoms with Gasteiger partial charge in [-0.1, -0.05) is 0 Å². The summed E-state index contributed by atoms with van der Waals surface area (Å²) in [5, 5.41) is 12.2. The topological polar surface area (TPSA) is 77.7 Å². The standard InChI is InChI=1S/C16H15F3N6/c17-16(18,19)13-8-14(23-10-22-13)24-12-3-6-25(7-4-12)15-11(9-20)2-1-5-21-15/h1-2,5,8,10,12H,3-4,6-7H2,(H,22,23,24). The number of rotatable bonds is 3. The summed E-state index contributed by atoms with van der Waals surface area (Å²) >= 11 is 0. The molecule has 1 saturated heterocycles. The van der Waals surface area contributed by atoms with Crippen LogP contribution in [0.15, 0.2) is 30.7 Å². The van der Waals surface area contributed by atoms with E-state index in [1.54, 1.807) is 18.3 Å². The van der Waals surface area contributed by atoms with E-state index < -0.39 is 11.9 Å². The highest BCUT2D eigenvalue weighted by Gasteiger charge is 2.33. The van der Waals surface area contributed by atoms with Gasteiger partial charge in [0.15, 0.2) is 0 Å². The van der Waals surface area contributed by atoms with E-state index in [1.807, 2.05) is 4.90 Å². The minimum atomic E-state index is -4.49. The third-order valence-corrected chi connectivity index (χ3v) is 4.01. The number of alkyl halides is 3. The molecule has 2 aromatic heterocycles. The lowest BCUT2D eigenvalue weighted by molar-refractivity contribution is -0.141. The first kappa shape index (κ1) is 17.0. The SMILES string of the molecule is N#Cc1cccnc1N1CCC(Nc2cc(C(F)(F)F)ncn2)CC1. The highest BCUT2D eigenvalue weighted by molar-refractivity contribution is 5.53. The quantitative estimate of drug-likeness (QED) is 0.919. The Labute approximate surface area is 142 Å². The third kappa shape index (κ3) is 3.96. The lowest BCUT2D eigenvalue weighted by Gasteiger charge is -2.33. The molecule has 1 aliphatic heterocycles. The minimum Gasteiger partial charge on any atom is -0.367 e. The fourth-order valence-corrected chi connectivity index (χ4v) is 2.77. The van der Waals surface area contributed by atoms with E-state index in [2.05, 4.69) is 26.3 Å². The molecule has 1 aliphatic rings. The van der Waals surface area contributed by atoms with Crippen LogP contribution in [0.4, 0.5) is 24.8 Å². The summed E-state index contributed by atoms with van der Waals surface area (Å²) in [6.45, 7) is 1.31. The molecule has 3 rings (SSSR count). The number of nitrogens with zero attached hydrogens (tertiary/aromatic N) is 5. The molecule has 0 saturated carbocycles. The molecule has 0 aliphatic carbocycles. The van der Waals surface area contributed by atoms with Crippen LogP contribution < -0.4 is 10.2 Å². The van der Waals surface area contributed by atoms with Gasteiger partial charge in [-0.15, -0.1) is 0 Å². The van der Waals surface area contributed by atoms with Crippen molar-refractivity contribution in [3.63, 3.8) is 0 Å². The predicted octanol–water partition coefficient (Wildman–Crippen LogP) is 2.84. The molecule has 0 aromatic carbocycles. The zero-order valence-corrected chi connectivity index (χ0v) is 13.2. The van der Waals surface area contributed by atoms with Crippen molar-refractivity contribution in [2.24, 2.45) is 0 Å². The van der Waals surface area contributed by atoms with Crippen molar-refractivity contribution in [2.45, 2.75) is 25.1 Å². The molecular formula is C16H15F3N6. The molecule has 1 N–H and O–H groups in total. The lowest BCUT2D eigenvalue weighted by Crippen LogP contribution is -2.40. The number of nitriles is 1. The molecule has 0 amide bonds. The molecule has 0 radical (unpaired) electrons. The van der Waals surface area contributed by atoms with Gasteiger partial charge in [0.05, 0.1) is 5.56 Å². The van der Waals surface area contributed by atoms with E-state index in [4.69, 9.17) is 5.26 Å². The maximum Gasteiger partial charge on any atom is 0.433 e. The summed E-state index contributed by atoms with van der Waals surface area (Å²) in [6.07, 6.45) is -0.539. The van der Waals surface area contributed by atoms with Crippen LogP contribution in [0.2, 0.25) is 0 Å². The zero-order valence-electron chi connectivity index (χ0n) is 13.2. The second-order valence-electron chi connectivity index (χ2n) is 5.68. The van der Waals surface area contributed by atoms with Gasteiger partial charge in [0, 0.05) is 31.4 Å². The van der Waals surface area contributed by atoms with Gasteiger partial charge < -0.3 is 10.2 Å². The Bertz CT molecular complexity index is 778. The van der Waals surface area contributed by atoms with E-state index in [-0.39, 0.29) is 11.9 Å². The Hall–Kier alpha value is -2.89. The summed E-state index contributed by atoms with van der Waals surface area (Å²) in [6, 6.07) is 6.46. The van der Waals surface area contributed by atoms with Gasteiger partial charge in [0.2, 0.25) is 0 Å². The van der Waals surface area contributed by atoms with Crippen molar-refractivity contribution in [1.82, 2.24) is 15.0 Å². The van der Waals surface area contributed by atoms with Crippen LogP contribution in [0, 0.1) is 11.3 Å². The average Bonchev–Trinajstić information content (AvgIpc) is 2.62. The molecule has 9 heteroatoms. The van der Waals surface area contributed by atoms with Crippen molar-refractivity contribution >= 4 is 11.6 Å². The maximum absolute atomic E-state index is 12.7. The first-order valence-corrected chi connectivity index (χ1v) is 7.73. The fraction of sp³-hybridized carbons (Fsp3) is 0.375. The third-order valence-electron chi connectivity index (χ3n) is 4.01. The summed E-state index contributed by atoms with van der Waals surface area (Å²) in [5.74, 6) is 0.807. The van der Waals surface area contributed by atoms with Crippen LogP contribution in [0.1, 0.15) is 24.1 Å².